The molecule has 0 heterocycles. The Morgan fingerprint density at radius 3 is 2.68 bits per heavy atom. The lowest BCUT2D eigenvalue weighted by Crippen LogP contribution is -1.92. The largest absolute Gasteiger partial charge is 0.457 e. The Labute approximate surface area is 126 Å². The van der Waals surface area contributed by atoms with Crippen molar-refractivity contribution in [1.29, 1.82) is 0 Å². The van der Waals surface area contributed by atoms with Gasteiger partial charge in [0, 0.05) is 21.4 Å². The third-order valence-electron chi connectivity index (χ3n) is 2.43. The summed E-state index contributed by atoms with van der Waals surface area (Å²) >= 11 is 6.75. The summed E-state index contributed by atoms with van der Waals surface area (Å²) in [7, 11) is 0. The predicted octanol–water partition coefficient (Wildman–Crippen LogP) is 5.04. The van der Waals surface area contributed by atoms with Crippen molar-refractivity contribution in [2.75, 3.05) is 0 Å². The second-order valence-electron chi connectivity index (χ2n) is 3.74. The van der Waals surface area contributed by atoms with E-state index in [0.29, 0.717) is 16.8 Å². The Bertz CT molecular complexity index is 617. The molecule has 0 spiro atoms. The van der Waals surface area contributed by atoms with Crippen molar-refractivity contribution >= 4 is 37.5 Å². The third kappa shape index (κ3) is 3.54. The zero-order valence-electron chi connectivity index (χ0n) is 9.68. The van der Waals surface area contributed by atoms with Gasteiger partial charge in [0.05, 0.1) is 11.0 Å². The fraction of sp³-hybridized carbons (Fsp3) is 0.0769. The van der Waals surface area contributed by atoms with Crippen LogP contribution in [0.5, 0.6) is 11.5 Å². The highest BCUT2D eigenvalue weighted by Gasteiger charge is 2.09. The van der Waals surface area contributed by atoms with Crippen molar-refractivity contribution in [3.8, 4) is 11.5 Å². The number of hydrogen-bond acceptors (Lipinski definition) is 3. The lowest BCUT2D eigenvalue weighted by molar-refractivity contribution is -0.384. The fourth-order valence-corrected chi connectivity index (χ4v) is 2.32. The second-order valence-corrected chi connectivity index (χ2v) is 5.22. The van der Waals surface area contributed by atoms with Gasteiger partial charge in [-0.1, -0.05) is 44.0 Å². The summed E-state index contributed by atoms with van der Waals surface area (Å²) in [6, 6.07) is 11.8. The maximum absolute atomic E-state index is 10.7. The molecule has 98 valence electrons. The summed E-state index contributed by atoms with van der Waals surface area (Å²) < 4.78 is 6.59. The van der Waals surface area contributed by atoms with E-state index in [4.69, 9.17) is 4.74 Å². The molecule has 0 amide bonds. The molecule has 0 atom stereocenters. The van der Waals surface area contributed by atoms with Crippen LogP contribution in [0.25, 0.3) is 0 Å². The number of benzene rings is 2. The van der Waals surface area contributed by atoms with Gasteiger partial charge in [-0.2, -0.15) is 0 Å². The van der Waals surface area contributed by atoms with Gasteiger partial charge < -0.3 is 4.74 Å². The van der Waals surface area contributed by atoms with Crippen molar-refractivity contribution in [1.82, 2.24) is 0 Å². The molecule has 0 radical (unpaired) electrons. The molecule has 4 nitrogen and oxygen atoms in total. The molecule has 0 unspecified atom stereocenters. The molecular weight excluding hydrogens is 378 g/mol. The van der Waals surface area contributed by atoms with E-state index in [0.717, 1.165) is 10.0 Å². The molecule has 0 aliphatic carbocycles. The second kappa shape index (κ2) is 6.16. The van der Waals surface area contributed by atoms with Gasteiger partial charge in [0.15, 0.2) is 0 Å². The molecule has 2 aromatic rings. The van der Waals surface area contributed by atoms with Gasteiger partial charge in [-0.05, 0) is 18.2 Å². The summed E-state index contributed by atoms with van der Waals surface area (Å²) in [6.45, 7) is 0. The zero-order chi connectivity index (χ0) is 13.8. The molecule has 2 aromatic carbocycles. The molecular formula is C13H9Br2NO3. The summed E-state index contributed by atoms with van der Waals surface area (Å²) in [6.07, 6.45) is 0. The van der Waals surface area contributed by atoms with E-state index in [1.54, 1.807) is 12.1 Å². The lowest BCUT2D eigenvalue weighted by Gasteiger charge is -2.10. The number of ether oxygens (including phenoxy) is 1. The van der Waals surface area contributed by atoms with Crippen molar-refractivity contribution in [2.45, 2.75) is 5.33 Å². The molecule has 0 aliphatic rings. The van der Waals surface area contributed by atoms with Gasteiger partial charge in [0.2, 0.25) is 0 Å². The highest BCUT2D eigenvalue weighted by atomic mass is 79.9. The number of hydrogen-bond donors (Lipinski definition) is 0. The molecule has 0 saturated carbocycles. The minimum Gasteiger partial charge on any atom is -0.457 e. The van der Waals surface area contributed by atoms with Gasteiger partial charge in [-0.25, -0.2) is 0 Å². The van der Waals surface area contributed by atoms with Crippen molar-refractivity contribution < 1.29 is 9.66 Å². The Kier molecular flexibility index (Phi) is 4.55. The van der Waals surface area contributed by atoms with Gasteiger partial charge in [0.1, 0.15) is 11.5 Å². The van der Waals surface area contributed by atoms with E-state index >= 15 is 0 Å². The summed E-state index contributed by atoms with van der Waals surface area (Å²) in [5, 5.41) is 11.4. The molecule has 0 fully saturated rings. The predicted molar refractivity (Wildman–Crippen MR) is 79.9 cm³/mol. The van der Waals surface area contributed by atoms with E-state index in [9.17, 15) is 10.1 Å². The number of non-ortho nitro benzene ring substituents is 1. The quantitative estimate of drug-likeness (QED) is 0.420. The van der Waals surface area contributed by atoms with Crippen LogP contribution in [-0.2, 0) is 5.33 Å². The standard InChI is InChI=1S/C13H9Br2NO3/c14-8-9-4-5-10(15)6-13(9)19-12-3-1-2-11(7-12)16(17)18/h1-7H,8H2. The summed E-state index contributed by atoms with van der Waals surface area (Å²) in [5.74, 6) is 1.10. The van der Waals surface area contributed by atoms with Gasteiger partial charge in [0.25, 0.3) is 5.69 Å². The Hall–Kier alpha value is -1.40. The maximum Gasteiger partial charge on any atom is 0.273 e. The molecule has 19 heavy (non-hydrogen) atoms. The third-order valence-corrected chi connectivity index (χ3v) is 3.53. The first-order valence-corrected chi connectivity index (χ1v) is 7.28. The minimum absolute atomic E-state index is 0.00730. The number of nitrogens with zero attached hydrogens (tertiary/aromatic N) is 1. The minimum atomic E-state index is -0.445. The highest BCUT2D eigenvalue weighted by molar-refractivity contribution is 9.10. The number of halogens is 2. The first-order chi connectivity index (χ1) is 9.10. The fourth-order valence-electron chi connectivity index (χ4n) is 1.52. The van der Waals surface area contributed by atoms with E-state index in [1.807, 2.05) is 18.2 Å². The molecule has 0 aliphatic heterocycles. The topological polar surface area (TPSA) is 52.4 Å². The van der Waals surface area contributed by atoms with Crippen LogP contribution in [0.1, 0.15) is 5.56 Å². The molecule has 0 aromatic heterocycles. The molecule has 0 saturated heterocycles. The van der Waals surface area contributed by atoms with Crippen LogP contribution in [0.15, 0.2) is 46.9 Å². The van der Waals surface area contributed by atoms with Gasteiger partial charge in [-0.3, -0.25) is 10.1 Å². The SMILES string of the molecule is O=[N+]([O-])c1cccc(Oc2cc(Br)ccc2CBr)c1. The summed E-state index contributed by atoms with van der Waals surface area (Å²) in [4.78, 5) is 10.3. The van der Waals surface area contributed by atoms with Crippen molar-refractivity contribution in [3.63, 3.8) is 0 Å². The highest BCUT2D eigenvalue weighted by Crippen LogP contribution is 2.31. The first kappa shape index (κ1) is 14.0. The van der Waals surface area contributed by atoms with E-state index < -0.39 is 4.92 Å². The van der Waals surface area contributed by atoms with E-state index in [1.165, 1.54) is 12.1 Å². The van der Waals surface area contributed by atoms with Crippen molar-refractivity contribution in [2.24, 2.45) is 0 Å². The number of nitro groups is 1. The van der Waals surface area contributed by atoms with Gasteiger partial charge in [-0.15, -0.1) is 0 Å². The monoisotopic (exact) mass is 385 g/mol. The first-order valence-electron chi connectivity index (χ1n) is 5.37. The zero-order valence-corrected chi connectivity index (χ0v) is 12.8. The molecule has 0 bridgehead atoms. The Balaban J connectivity index is 2.33. The number of alkyl halides is 1. The van der Waals surface area contributed by atoms with Crippen LogP contribution in [0.2, 0.25) is 0 Å². The normalized spacial score (nSPS) is 10.2. The average molecular weight is 387 g/mol. The van der Waals surface area contributed by atoms with E-state index in [2.05, 4.69) is 31.9 Å². The van der Waals surface area contributed by atoms with Gasteiger partial charge >= 0.3 is 0 Å². The Morgan fingerprint density at radius 1 is 1.21 bits per heavy atom. The molecule has 0 N–H and O–H groups in total. The van der Waals surface area contributed by atoms with Crippen LogP contribution in [-0.4, -0.2) is 4.92 Å². The van der Waals surface area contributed by atoms with Crippen LogP contribution >= 0.6 is 31.9 Å². The number of nitro benzene ring substituents is 1. The smallest absolute Gasteiger partial charge is 0.273 e. The Morgan fingerprint density at radius 2 is 2.00 bits per heavy atom. The average Bonchev–Trinajstić information content (AvgIpc) is 2.39. The van der Waals surface area contributed by atoms with Crippen LogP contribution in [0, 0.1) is 10.1 Å². The maximum atomic E-state index is 10.7. The van der Waals surface area contributed by atoms with Crippen LogP contribution < -0.4 is 4.74 Å². The summed E-state index contributed by atoms with van der Waals surface area (Å²) in [5.41, 5.74) is 0.975. The van der Waals surface area contributed by atoms with Crippen LogP contribution in [0.3, 0.4) is 0 Å². The molecule has 6 heteroatoms. The van der Waals surface area contributed by atoms with E-state index in [-0.39, 0.29) is 5.69 Å². The van der Waals surface area contributed by atoms with Crippen LogP contribution in [0.4, 0.5) is 5.69 Å². The molecule has 2 rings (SSSR count). The lowest BCUT2D eigenvalue weighted by atomic mass is 10.2. The number of rotatable bonds is 4. The van der Waals surface area contributed by atoms with Crippen molar-refractivity contribution in [3.05, 3.63) is 62.6 Å².